The molecule has 0 atom stereocenters. The number of fused-ring (bicyclic) bond motifs is 3. The number of hydrogen-bond donors (Lipinski definition) is 1. The van der Waals surface area contributed by atoms with E-state index in [1.807, 2.05) is 0 Å². The van der Waals surface area contributed by atoms with Gasteiger partial charge in [0.25, 0.3) is 5.56 Å². The number of likely N-dealkylation sites (tertiary alicyclic amines) is 1. The van der Waals surface area contributed by atoms with Crippen LogP contribution < -0.4 is 5.56 Å². The Kier molecular flexibility index (Phi) is 4.22. The van der Waals surface area contributed by atoms with Crippen molar-refractivity contribution < 1.29 is 5.11 Å². The molecule has 4 rings (SSSR count). The molecule has 0 bridgehead atoms. The molecule has 1 fully saturated rings. The zero-order chi connectivity index (χ0) is 15.8. The van der Waals surface area contributed by atoms with Gasteiger partial charge in [0.15, 0.2) is 0 Å². The maximum absolute atomic E-state index is 13.0. The molecule has 0 amide bonds. The van der Waals surface area contributed by atoms with Crippen LogP contribution in [0.2, 0.25) is 0 Å². The molecule has 1 aliphatic carbocycles. The van der Waals surface area contributed by atoms with Crippen LogP contribution in [0.15, 0.2) is 4.79 Å². The Morgan fingerprint density at radius 1 is 1.13 bits per heavy atom. The predicted octanol–water partition coefficient (Wildman–Crippen LogP) is 1.92. The maximum Gasteiger partial charge on any atom is 0.262 e. The number of aliphatic hydroxyl groups is 1. The van der Waals surface area contributed by atoms with E-state index in [0.29, 0.717) is 13.1 Å². The third-order valence-electron chi connectivity index (χ3n) is 5.04. The van der Waals surface area contributed by atoms with Crippen molar-refractivity contribution in [2.24, 2.45) is 0 Å². The number of thiophene rings is 1. The van der Waals surface area contributed by atoms with E-state index in [0.717, 1.165) is 48.4 Å². The van der Waals surface area contributed by atoms with E-state index in [4.69, 9.17) is 4.98 Å². The second-order valence-electron chi connectivity index (χ2n) is 6.58. The molecule has 124 valence electrons. The molecule has 6 heteroatoms. The van der Waals surface area contributed by atoms with Crippen molar-refractivity contribution >= 4 is 21.6 Å². The van der Waals surface area contributed by atoms with Crippen molar-refractivity contribution in [3.8, 4) is 0 Å². The lowest BCUT2D eigenvalue weighted by atomic mass is 9.97. The van der Waals surface area contributed by atoms with Gasteiger partial charge in [0, 0.05) is 4.88 Å². The van der Waals surface area contributed by atoms with E-state index >= 15 is 0 Å². The van der Waals surface area contributed by atoms with Gasteiger partial charge in [0.1, 0.15) is 10.7 Å². The molecule has 1 N–H and O–H groups in total. The molecule has 0 aromatic carbocycles. The number of aliphatic hydroxyl groups excluding tert-OH is 1. The second kappa shape index (κ2) is 6.34. The lowest BCUT2D eigenvalue weighted by Gasteiger charge is -2.18. The lowest BCUT2D eigenvalue weighted by molar-refractivity contribution is 0.262. The number of aryl methyl sites for hydroxylation is 2. The fourth-order valence-corrected chi connectivity index (χ4v) is 5.14. The Hall–Kier alpha value is -1.24. The van der Waals surface area contributed by atoms with Gasteiger partial charge in [-0.2, -0.15) is 0 Å². The molecule has 0 radical (unpaired) electrons. The van der Waals surface area contributed by atoms with Gasteiger partial charge in [-0.15, -0.1) is 11.3 Å². The summed E-state index contributed by atoms with van der Waals surface area (Å²) in [5.41, 5.74) is 1.28. The monoisotopic (exact) mass is 333 g/mol. The van der Waals surface area contributed by atoms with Crippen LogP contribution in [-0.4, -0.2) is 39.3 Å². The van der Waals surface area contributed by atoms with Gasteiger partial charge in [0.05, 0.1) is 25.1 Å². The van der Waals surface area contributed by atoms with Gasteiger partial charge >= 0.3 is 0 Å². The minimum absolute atomic E-state index is 0.0214. The smallest absolute Gasteiger partial charge is 0.262 e. The molecule has 0 unspecified atom stereocenters. The van der Waals surface area contributed by atoms with Gasteiger partial charge in [-0.3, -0.25) is 14.3 Å². The molecule has 2 aromatic rings. The van der Waals surface area contributed by atoms with Gasteiger partial charge < -0.3 is 5.11 Å². The molecule has 3 heterocycles. The molecule has 5 nitrogen and oxygen atoms in total. The molecule has 0 saturated carbocycles. The molecule has 2 aromatic heterocycles. The topological polar surface area (TPSA) is 58.4 Å². The van der Waals surface area contributed by atoms with Crippen LogP contribution >= 0.6 is 11.3 Å². The van der Waals surface area contributed by atoms with E-state index in [1.54, 1.807) is 15.9 Å². The predicted molar refractivity (Wildman–Crippen MR) is 92.1 cm³/mol. The standard InChI is InChI=1S/C17H23N3O2S/c21-10-9-20-14(11-19-7-3-4-8-19)18-16-15(17(20)22)12-5-1-2-6-13(12)23-16/h21H,1-11H2. The van der Waals surface area contributed by atoms with Crippen LogP contribution in [0.5, 0.6) is 0 Å². The average molecular weight is 333 g/mol. The fraction of sp³-hybridized carbons (Fsp3) is 0.647. The quantitative estimate of drug-likeness (QED) is 0.929. The van der Waals surface area contributed by atoms with E-state index < -0.39 is 0 Å². The van der Waals surface area contributed by atoms with Crippen molar-refractivity contribution in [1.82, 2.24) is 14.5 Å². The maximum atomic E-state index is 13.0. The Bertz CT molecular complexity index is 774. The van der Waals surface area contributed by atoms with E-state index in [9.17, 15) is 9.90 Å². The molecule has 1 saturated heterocycles. The summed E-state index contributed by atoms with van der Waals surface area (Å²) >= 11 is 1.71. The summed E-state index contributed by atoms with van der Waals surface area (Å²) in [6.45, 7) is 3.19. The Morgan fingerprint density at radius 2 is 1.91 bits per heavy atom. The number of hydrogen-bond acceptors (Lipinski definition) is 5. The third-order valence-corrected chi connectivity index (χ3v) is 6.23. The number of rotatable bonds is 4. The van der Waals surface area contributed by atoms with Gasteiger partial charge in [-0.1, -0.05) is 0 Å². The first-order chi connectivity index (χ1) is 11.3. The number of aromatic nitrogens is 2. The average Bonchev–Trinajstić information content (AvgIpc) is 3.18. The molecular weight excluding hydrogens is 310 g/mol. The second-order valence-corrected chi connectivity index (χ2v) is 7.67. The van der Waals surface area contributed by atoms with Crippen LogP contribution in [0, 0.1) is 0 Å². The van der Waals surface area contributed by atoms with Crippen LogP contribution in [0.3, 0.4) is 0 Å². The third kappa shape index (κ3) is 2.73. The van der Waals surface area contributed by atoms with E-state index in [-0.39, 0.29) is 12.2 Å². The summed E-state index contributed by atoms with van der Waals surface area (Å²) in [5.74, 6) is 0.817. The van der Waals surface area contributed by atoms with Crippen molar-refractivity contribution in [2.45, 2.75) is 51.6 Å². The first kappa shape index (κ1) is 15.3. The normalized spacial score (nSPS) is 18.7. The van der Waals surface area contributed by atoms with Crippen LogP contribution in [0.4, 0.5) is 0 Å². The summed E-state index contributed by atoms with van der Waals surface area (Å²) in [6.07, 6.45) is 6.90. The highest BCUT2D eigenvalue weighted by Crippen LogP contribution is 2.33. The van der Waals surface area contributed by atoms with Gasteiger partial charge in [0.2, 0.25) is 0 Å². The molecule has 2 aliphatic rings. The lowest BCUT2D eigenvalue weighted by Crippen LogP contribution is -2.31. The Labute approximate surface area is 139 Å². The van der Waals surface area contributed by atoms with Crippen LogP contribution in [-0.2, 0) is 25.9 Å². The number of nitrogens with zero attached hydrogens (tertiary/aromatic N) is 3. The molecular formula is C17H23N3O2S. The zero-order valence-electron chi connectivity index (χ0n) is 13.4. The van der Waals surface area contributed by atoms with Crippen LogP contribution in [0.1, 0.15) is 41.9 Å². The van der Waals surface area contributed by atoms with E-state index in [1.165, 1.54) is 29.7 Å². The highest BCUT2D eigenvalue weighted by atomic mass is 32.1. The minimum atomic E-state index is -0.0214. The van der Waals surface area contributed by atoms with Crippen molar-refractivity contribution in [3.05, 3.63) is 26.6 Å². The zero-order valence-corrected chi connectivity index (χ0v) is 14.2. The van der Waals surface area contributed by atoms with Crippen molar-refractivity contribution in [1.29, 1.82) is 0 Å². The molecule has 23 heavy (non-hydrogen) atoms. The van der Waals surface area contributed by atoms with Crippen molar-refractivity contribution in [3.63, 3.8) is 0 Å². The summed E-state index contributed by atoms with van der Waals surface area (Å²) < 4.78 is 1.71. The minimum Gasteiger partial charge on any atom is -0.395 e. The first-order valence-corrected chi connectivity index (χ1v) is 9.47. The molecule has 0 spiro atoms. The summed E-state index contributed by atoms with van der Waals surface area (Å²) in [5, 5.41) is 10.2. The van der Waals surface area contributed by atoms with Crippen molar-refractivity contribution in [2.75, 3.05) is 19.7 Å². The van der Waals surface area contributed by atoms with E-state index in [2.05, 4.69) is 4.90 Å². The van der Waals surface area contributed by atoms with Gasteiger partial charge in [-0.05, 0) is 57.2 Å². The summed E-state index contributed by atoms with van der Waals surface area (Å²) in [7, 11) is 0. The Morgan fingerprint density at radius 3 is 2.70 bits per heavy atom. The largest absolute Gasteiger partial charge is 0.395 e. The Balaban J connectivity index is 1.84. The highest BCUT2D eigenvalue weighted by Gasteiger charge is 2.23. The fourth-order valence-electron chi connectivity index (χ4n) is 3.87. The SMILES string of the molecule is O=c1c2c3c(sc2nc(CN2CCCC2)n1CCO)CCCC3. The summed E-state index contributed by atoms with van der Waals surface area (Å²) in [6, 6.07) is 0. The van der Waals surface area contributed by atoms with Crippen LogP contribution in [0.25, 0.3) is 10.2 Å². The molecule has 1 aliphatic heterocycles. The van der Waals surface area contributed by atoms with Gasteiger partial charge in [-0.25, -0.2) is 4.98 Å². The first-order valence-electron chi connectivity index (χ1n) is 8.65. The summed E-state index contributed by atoms with van der Waals surface area (Å²) in [4.78, 5) is 22.5. The highest BCUT2D eigenvalue weighted by molar-refractivity contribution is 7.18.